The first kappa shape index (κ1) is 18.7. The van der Waals surface area contributed by atoms with Crippen LogP contribution < -0.4 is 15.4 Å². The molecule has 0 atom stereocenters. The van der Waals surface area contributed by atoms with Gasteiger partial charge in [0, 0.05) is 11.7 Å². The van der Waals surface area contributed by atoms with E-state index in [1.807, 2.05) is 12.1 Å². The summed E-state index contributed by atoms with van der Waals surface area (Å²) in [5.41, 5.74) is 2.89. The number of anilines is 1. The maximum absolute atomic E-state index is 12.2. The Morgan fingerprint density at radius 2 is 1.59 bits per heavy atom. The fourth-order valence-electron chi connectivity index (χ4n) is 2.94. The summed E-state index contributed by atoms with van der Waals surface area (Å²) >= 11 is 0. The number of rotatable bonds is 4. The van der Waals surface area contributed by atoms with E-state index >= 15 is 0 Å². The zero-order chi connectivity index (χ0) is 19.4. The smallest absolute Gasteiger partial charge is 0.420 e. The zero-order valence-electron chi connectivity index (χ0n) is 14.6. The molecule has 1 aliphatic carbocycles. The minimum absolute atomic E-state index is 0.0197. The van der Waals surface area contributed by atoms with E-state index in [1.54, 1.807) is 4.72 Å². The van der Waals surface area contributed by atoms with Gasteiger partial charge in [-0.2, -0.15) is 0 Å². The van der Waals surface area contributed by atoms with Crippen LogP contribution in [0.3, 0.4) is 0 Å². The number of amides is 3. The van der Waals surface area contributed by atoms with Crippen molar-refractivity contribution in [2.24, 2.45) is 0 Å². The first-order valence-electron chi connectivity index (χ1n) is 8.22. The van der Waals surface area contributed by atoms with Crippen LogP contribution in [0.5, 0.6) is 0 Å². The second kappa shape index (κ2) is 7.67. The molecular weight excluding hydrogens is 370 g/mol. The molecule has 0 saturated carbocycles. The molecule has 2 aromatic rings. The normalized spacial score (nSPS) is 13.5. The Kier molecular flexibility index (Phi) is 5.31. The lowest BCUT2D eigenvalue weighted by Crippen LogP contribution is -2.38. The molecule has 9 heteroatoms. The molecule has 0 heterocycles. The quantitative estimate of drug-likeness (QED) is 0.740. The molecule has 3 amide bonds. The van der Waals surface area contributed by atoms with Crippen molar-refractivity contribution in [2.75, 3.05) is 12.4 Å². The first-order chi connectivity index (χ1) is 12.9. The van der Waals surface area contributed by atoms with Crippen LogP contribution in [-0.4, -0.2) is 33.7 Å². The third-order valence-electron chi connectivity index (χ3n) is 4.21. The number of fused-ring (bicyclic) bond motifs is 1. The van der Waals surface area contributed by atoms with Crippen molar-refractivity contribution in [1.29, 1.82) is 0 Å². The highest BCUT2D eigenvalue weighted by atomic mass is 32.2. The number of nitrogens with one attached hydrogen (secondary N) is 3. The van der Waals surface area contributed by atoms with Crippen molar-refractivity contribution in [3.05, 3.63) is 59.7 Å². The van der Waals surface area contributed by atoms with Crippen molar-refractivity contribution in [1.82, 2.24) is 10.0 Å². The Morgan fingerprint density at radius 3 is 2.15 bits per heavy atom. The molecule has 1 aliphatic rings. The zero-order valence-corrected chi connectivity index (χ0v) is 15.4. The molecule has 0 aromatic heterocycles. The molecule has 0 bridgehead atoms. The molecule has 2 aromatic carbocycles. The maximum Gasteiger partial charge on any atom is 0.420 e. The molecule has 0 radical (unpaired) electrons. The average Bonchev–Trinajstić information content (AvgIpc) is 3.03. The van der Waals surface area contributed by atoms with Gasteiger partial charge in [0.1, 0.15) is 0 Å². The predicted octanol–water partition coefficient (Wildman–Crippen LogP) is 2.02. The van der Waals surface area contributed by atoms with Gasteiger partial charge in [-0.05, 0) is 48.2 Å². The summed E-state index contributed by atoms with van der Waals surface area (Å²) < 4.78 is 29.9. The van der Waals surface area contributed by atoms with Gasteiger partial charge in [0.25, 0.3) is 10.0 Å². The van der Waals surface area contributed by atoms with Crippen molar-refractivity contribution in [3.8, 4) is 0 Å². The van der Waals surface area contributed by atoms with Crippen LogP contribution in [0.2, 0.25) is 0 Å². The molecule has 0 unspecified atom stereocenters. The van der Waals surface area contributed by atoms with E-state index in [9.17, 15) is 18.0 Å². The van der Waals surface area contributed by atoms with Crippen molar-refractivity contribution in [3.63, 3.8) is 0 Å². The van der Waals surface area contributed by atoms with Crippen LogP contribution in [0.15, 0.2) is 53.4 Å². The van der Waals surface area contributed by atoms with E-state index < -0.39 is 16.1 Å². The summed E-state index contributed by atoms with van der Waals surface area (Å²) in [5, 5.41) is 5.58. The summed E-state index contributed by atoms with van der Waals surface area (Å²) in [7, 11) is -2.95. The summed E-state index contributed by atoms with van der Waals surface area (Å²) in [5.74, 6) is 0. The number of methoxy groups -OCH3 is 1. The van der Waals surface area contributed by atoms with Gasteiger partial charge in [0.2, 0.25) is 0 Å². The lowest BCUT2D eigenvalue weighted by Gasteiger charge is -2.13. The summed E-state index contributed by atoms with van der Waals surface area (Å²) in [6.45, 7) is 0. The number of hydrogen-bond acceptors (Lipinski definition) is 5. The number of hydrogen-bond donors (Lipinski definition) is 3. The summed E-state index contributed by atoms with van der Waals surface area (Å²) in [6.07, 6.45) is 0.481. The standard InChI is InChI=1S/C18H19N3O5S/c1-26-18(23)21-27(24,25)16-8-6-14(7-9-16)19-17(22)20-15-10-12-4-2-3-5-13(12)11-15/h2-9,15H,10-11H2,1H3,(H,21,23)(H2,19,20,22). The Hall–Kier alpha value is -3.07. The van der Waals surface area contributed by atoms with E-state index in [1.165, 1.54) is 35.4 Å². The van der Waals surface area contributed by atoms with E-state index in [0.717, 1.165) is 20.0 Å². The number of sulfonamides is 1. The Morgan fingerprint density at radius 1 is 1.00 bits per heavy atom. The third kappa shape index (κ3) is 4.56. The molecule has 142 valence electrons. The molecule has 0 aliphatic heterocycles. The maximum atomic E-state index is 12.2. The van der Waals surface area contributed by atoms with Gasteiger partial charge in [-0.1, -0.05) is 24.3 Å². The number of carbonyl (C=O) groups excluding carboxylic acids is 2. The SMILES string of the molecule is COC(=O)NS(=O)(=O)c1ccc(NC(=O)NC2Cc3ccccc3C2)cc1. The molecule has 0 saturated heterocycles. The molecule has 0 fully saturated rings. The van der Waals surface area contributed by atoms with Crippen LogP contribution in [0.25, 0.3) is 0 Å². The lowest BCUT2D eigenvalue weighted by molar-refractivity contribution is 0.177. The Bertz CT molecular complexity index is 932. The molecule has 8 nitrogen and oxygen atoms in total. The molecular formula is C18H19N3O5S. The van der Waals surface area contributed by atoms with Gasteiger partial charge in [-0.3, -0.25) is 0 Å². The number of urea groups is 1. The fourth-order valence-corrected chi connectivity index (χ4v) is 3.86. The minimum atomic E-state index is -4.02. The monoisotopic (exact) mass is 389 g/mol. The average molecular weight is 389 g/mol. The Balaban J connectivity index is 1.57. The van der Waals surface area contributed by atoms with Gasteiger partial charge in [-0.15, -0.1) is 0 Å². The number of benzene rings is 2. The van der Waals surface area contributed by atoms with Gasteiger partial charge in [-0.25, -0.2) is 22.7 Å². The Labute approximate surface area is 157 Å². The van der Waals surface area contributed by atoms with Crippen molar-refractivity contribution in [2.45, 2.75) is 23.8 Å². The lowest BCUT2D eigenvalue weighted by atomic mass is 10.1. The highest BCUT2D eigenvalue weighted by molar-refractivity contribution is 7.90. The van der Waals surface area contributed by atoms with E-state index in [-0.39, 0.29) is 17.0 Å². The predicted molar refractivity (Wildman–Crippen MR) is 99.0 cm³/mol. The molecule has 3 rings (SSSR count). The number of ether oxygens (including phenoxy) is 1. The second-order valence-electron chi connectivity index (χ2n) is 6.09. The fraction of sp³-hybridized carbons (Fsp3) is 0.222. The highest BCUT2D eigenvalue weighted by Crippen LogP contribution is 2.21. The molecule has 3 N–H and O–H groups in total. The van der Waals surface area contributed by atoms with Crippen LogP contribution in [0.4, 0.5) is 15.3 Å². The van der Waals surface area contributed by atoms with Crippen molar-refractivity contribution >= 4 is 27.8 Å². The van der Waals surface area contributed by atoms with E-state index in [0.29, 0.717) is 5.69 Å². The minimum Gasteiger partial charge on any atom is -0.452 e. The van der Waals surface area contributed by atoms with Crippen LogP contribution in [0, 0.1) is 0 Å². The molecule has 27 heavy (non-hydrogen) atoms. The van der Waals surface area contributed by atoms with Gasteiger partial charge in [0.15, 0.2) is 0 Å². The summed E-state index contributed by atoms with van der Waals surface area (Å²) in [6, 6.07) is 13.2. The van der Waals surface area contributed by atoms with Crippen molar-refractivity contribution < 1.29 is 22.7 Å². The van der Waals surface area contributed by atoms with Gasteiger partial charge < -0.3 is 15.4 Å². The third-order valence-corrected chi connectivity index (χ3v) is 5.54. The largest absolute Gasteiger partial charge is 0.452 e. The first-order valence-corrected chi connectivity index (χ1v) is 9.71. The van der Waals surface area contributed by atoms with E-state index in [2.05, 4.69) is 27.5 Å². The topological polar surface area (TPSA) is 114 Å². The van der Waals surface area contributed by atoms with Gasteiger partial charge in [0.05, 0.1) is 12.0 Å². The molecule has 0 spiro atoms. The van der Waals surface area contributed by atoms with Crippen LogP contribution in [0.1, 0.15) is 11.1 Å². The highest BCUT2D eigenvalue weighted by Gasteiger charge is 2.22. The second-order valence-corrected chi connectivity index (χ2v) is 7.78. The van der Waals surface area contributed by atoms with Crippen LogP contribution in [-0.2, 0) is 27.6 Å². The summed E-state index contributed by atoms with van der Waals surface area (Å²) in [4.78, 5) is 23.1. The number of carbonyl (C=O) groups is 2. The van der Waals surface area contributed by atoms with Gasteiger partial charge >= 0.3 is 12.1 Å². The van der Waals surface area contributed by atoms with E-state index in [4.69, 9.17) is 0 Å². The van der Waals surface area contributed by atoms with Crippen LogP contribution >= 0.6 is 0 Å².